The Balaban J connectivity index is 0.00000320. The van der Waals surface area contributed by atoms with E-state index in [1.54, 1.807) is 13.3 Å². The molecule has 0 aliphatic carbocycles. The molecular weight excluding hydrogens is 489 g/mol. The molecule has 160 valence electrons. The molecule has 0 saturated carbocycles. The molecule has 0 bridgehead atoms. The van der Waals surface area contributed by atoms with Crippen molar-refractivity contribution in [3.8, 4) is 5.75 Å². The van der Waals surface area contributed by atoms with Crippen molar-refractivity contribution in [3.05, 3.63) is 83.9 Å². The van der Waals surface area contributed by atoms with Gasteiger partial charge in [0, 0.05) is 44.6 Å². The summed E-state index contributed by atoms with van der Waals surface area (Å²) in [5.41, 5.74) is 3.55. The van der Waals surface area contributed by atoms with Crippen LogP contribution in [-0.4, -0.2) is 41.1 Å². The fourth-order valence-electron chi connectivity index (χ4n) is 3.22. The van der Waals surface area contributed by atoms with E-state index in [1.807, 2.05) is 37.8 Å². The molecule has 6 nitrogen and oxygen atoms in total. The van der Waals surface area contributed by atoms with Crippen molar-refractivity contribution in [2.24, 2.45) is 4.99 Å². The highest BCUT2D eigenvalue weighted by Gasteiger charge is 2.10. The molecule has 0 aliphatic rings. The highest BCUT2D eigenvalue weighted by molar-refractivity contribution is 14.0. The third-order valence-corrected chi connectivity index (χ3v) is 4.62. The van der Waals surface area contributed by atoms with Crippen LogP contribution in [0.2, 0.25) is 0 Å². The normalized spacial score (nSPS) is 11.0. The molecule has 1 aromatic heterocycles. The van der Waals surface area contributed by atoms with E-state index in [9.17, 15) is 0 Å². The van der Waals surface area contributed by atoms with Crippen molar-refractivity contribution in [1.82, 2.24) is 19.8 Å². The van der Waals surface area contributed by atoms with Gasteiger partial charge in [0.1, 0.15) is 5.75 Å². The van der Waals surface area contributed by atoms with Crippen LogP contribution < -0.4 is 10.1 Å². The first-order valence-electron chi connectivity index (χ1n) is 9.84. The molecule has 0 aliphatic heterocycles. The lowest BCUT2D eigenvalue weighted by Crippen LogP contribution is -2.38. The minimum absolute atomic E-state index is 0. The van der Waals surface area contributed by atoms with E-state index >= 15 is 0 Å². The SMILES string of the molecule is CCNC(=NCc1cccc(Cn2ccnc2)c1)N(C)Cc1ccccc1OC.I. The van der Waals surface area contributed by atoms with Crippen LogP contribution in [0.4, 0.5) is 0 Å². The van der Waals surface area contributed by atoms with E-state index in [1.165, 1.54) is 11.1 Å². The summed E-state index contributed by atoms with van der Waals surface area (Å²) in [5.74, 6) is 1.76. The number of guanidine groups is 1. The minimum atomic E-state index is 0. The van der Waals surface area contributed by atoms with Crippen molar-refractivity contribution < 1.29 is 4.74 Å². The number of halogens is 1. The number of nitrogens with one attached hydrogen (secondary N) is 1. The van der Waals surface area contributed by atoms with Crippen molar-refractivity contribution in [2.45, 2.75) is 26.6 Å². The van der Waals surface area contributed by atoms with Gasteiger partial charge in [0.05, 0.1) is 20.0 Å². The van der Waals surface area contributed by atoms with Gasteiger partial charge in [-0.2, -0.15) is 0 Å². The number of nitrogens with zero attached hydrogens (tertiary/aromatic N) is 4. The standard InChI is InChI=1S/C23H29N5O.HI/c1-4-25-23(27(2)17-21-10-5-6-11-22(21)29-3)26-15-19-8-7-9-20(14-19)16-28-13-12-24-18-28;/h5-14,18H,4,15-17H2,1-3H3,(H,25,26);1H. The van der Waals surface area contributed by atoms with Gasteiger partial charge >= 0.3 is 0 Å². The molecule has 0 amide bonds. The molecule has 0 atom stereocenters. The summed E-state index contributed by atoms with van der Waals surface area (Å²) in [5, 5.41) is 3.38. The van der Waals surface area contributed by atoms with E-state index in [-0.39, 0.29) is 24.0 Å². The highest BCUT2D eigenvalue weighted by atomic mass is 127. The number of imidazole rings is 1. The van der Waals surface area contributed by atoms with Gasteiger partial charge in [-0.3, -0.25) is 0 Å². The van der Waals surface area contributed by atoms with E-state index < -0.39 is 0 Å². The molecule has 7 heteroatoms. The molecule has 1 heterocycles. The molecule has 1 N–H and O–H groups in total. The van der Waals surface area contributed by atoms with Gasteiger partial charge < -0.3 is 19.5 Å². The monoisotopic (exact) mass is 519 g/mol. The van der Waals surface area contributed by atoms with Gasteiger partial charge in [-0.1, -0.05) is 42.5 Å². The third-order valence-electron chi connectivity index (χ3n) is 4.62. The number of benzene rings is 2. The molecule has 3 rings (SSSR count). The van der Waals surface area contributed by atoms with Crippen molar-refractivity contribution in [1.29, 1.82) is 0 Å². The second-order valence-corrected chi connectivity index (χ2v) is 6.89. The summed E-state index contributed by atoms with van der Waals surface area (Å²) < 4.78 is 7.54. The van der Waals surface area contributed by atoms with E-state index in [4.69, 9.17) is 9.73 Å². The lowest BCUT2D eigenvalue weighted by molar-refractivity contribution is 0.396. The van der Waals surface area contributed by atoms with Crippen LogP contribution in [0.5, 0.6) is 5.75 Å². The predicted molar refractivity (Wildman–Crippen MR) is 132 cm³/mol. The molecule has 2 aromatic carbocycles. The zero-order chi connectivity index (χ0) is 20.5. The highest BCUT2D eigenvalue weighted by Crippen LogP contribution is 2.19. The van der Waals surface area contributed by atoms with Crippen LogP contribution in [-0.2, 0) is 19.6 Å². The van der Waals surface area contributed by atoms with Gasteiger partial charge in [-0.25, -0.2) is 9.98 Å². The lowest BCUT2D eigenvalue weighted by atomic mass is 10.1. The number of methoxy groups -OCH3 is 1. The molecule has 0 spiro atoms. The molecular formula is C23H30IN5O. The second-order valence-electron chi connectivity index (χ2n) is 6.89. The smallest absolute Gasteiger partial charge is 0.194 e. The minimum Gasteiger partial charge on any atom is -0.496 e. The summed E-state index contributed by atoms with van der Waals surface area (Å²) in [6, 6.07) is 16.6. The molecule has 0 unspecified atom stereocenters. The first kappa shape index (κ1) is 23.7. The van der Waals surface area contributed by atoms with Crippen molar-refractivity contribution in [2.75, 3.05) is 20.7 Å². The maximum atomic E-state index is 5.48. The Morgan fingerprint density at radius 1 is 1.17 bits per heavy atom. The second kappa shape index (κ2) is 12.2. The Morgan fingerprint density at radius 3 is 2.70 bits per heavy atom. The topological polar surface area (TPSA) is 54.7 Å². The van der Waals surface area contributed by atoms with E-state index in [2.05, 4.69) is 57.0 Å². The lowest BCUT2D eigenvalue weighted by Gasteiger charge is -2.23. The zero-order valence-electron chi connectivity index (χ0n) is 17.8. The number of aliphatic imine (C=N–C) groups is 1. The first-order valence-corrected chi connectivity index (χ1v) is 9.84. The number of hydrogen-bond acceptors (Lipinski definition) is 3. The van der Waals surface area contributed by atoms with Gasteiger partial charge in [-0.05, 0) is 24.1 Å². The summed E-state index contributed by atoms with van der Waals surface area (Å²) in [7, 11) is 3.75. The summed E-state index contributed by atoms with van der Waals surface area (Å²) in [6.07, 6.45) is 5.61. The van der Waals surface area contributed by atoms with Crippen LogP contribution in [0.25, 0.3) is 0 Å². The van der Waals surface area contributed by atoms with Crippen LogP contribution in [0, 0.1) is 0 Å². The summed E-state index contributed by atoms with van der Waals surface area (Å²) in [4.78, 5) is 11.1. The number of hydrogen-bond donors (Lipinski definition) is 1. The summed E-state index contributed by atoms with van der Waals surface area (Å²) in [6.45, 7) is 5.05. The van der Waals surface area contributed by atoms with Crippen LogP contribution in [0.3, 0.4) is 0 Å². The van der Waals surface area contributed by atoms with Crippen LogP contribution in [0.1, 0.15) is 23.6 Å². The fraction of sp³-hybridized carbons (Fsp3) is 0.304. The van der Waals surface area contributed by atoms with Gasteiger partial charge in [0.25, 0.3) is 0 Å². The Bertz CT molecular complexity index is 927. The number of aromatic nitrogens is 2. The first-order chi connectivity index (χ1) is 14.2. The molecule has 3 aromatic rings. The van der Waals surface area contributed by atoms with Crippen LogP contribution in [0.15, 0.2) is 72.2 Å². The summed E-state index contributed by atoms with van der Waals surface area (Å²) >= 11 is 0. The van der Waals surface area contributed by atoms with Gasteiger partial charge in [0.15, 0.2) is 5.96 Å². The van der Waals surface area contributed by atoms with E-state index in [0.717, 1.165) is 36.9 Å². The Morgan fingerprint density at radius 2 is 1.97 bits per heavy atom. The van der Waals surface area contributed by atoms with Crippen LogP contribution >= 0.6 is 24.0 Å². The fourth-order valence-corrected chi connectivity index (χ4v) is 3.22. The van der Waals surface area contributed by atoms with Crippen molar-refractivity contribution in [3.63, 3.8) is 0 Å². The van der Waals surface area contributed by atoms with Gasteiger partial charge in [0.2, 0.25) is 0 Å². The van der Waals surface area contributed by atoms with E-state index in [0.29, 0.717) is 6.54 Å². The molecule has 0 saturated heterocycles. The molecule has 30 heavy (non-hydrogen) atoms. The number of rotatable bonds is 8. The van der Waals surface area contributed by atoms with Crippen molar-refractivity contribution >= 4 is 29.9 Å². The number of para-hydroxylation sites is 1. The Kier molecular flexibility index (Phi) is 9.66. The average molecular weight is 519 g/mol. The largest absolute Gasteiger partial charge is 0.496 e. The number of ether oxygens (including phenoxy) is 1. The van der Waals surface area contributed by atoms with Gasteiger partial charge in [-0.15, -0.1) is 24.0 Å². The predicted octanol–water partition coefficient (Wildman–Crippen LogP) is 4.16. The molecule has 0 fully saturated rings. The maximum Gasteiger partial charge on any atom is 0.194 e. The zero-order valence-corrected chi connectivity index (χ0v) is 20.1. The quantitative estimate of drug-likeness (QED) is 0.276. The third kappa shape index (κ3) is 6.76. The molecule has 0 radical (unpaired) electrons. The Labute approximate surface area is 196 Å². The Hall–Kier alpha value is -2.55. The maximum absolute atomic E-state index is 5.48. The average Bonchev–Trinajstić information content (AvgIpc) is 3.24.